The van der Waals surface area contributed by atoms with Crippen LogP contribution in [0.2, 0.25) is 0 Å². The predicted molar refractivity (Wildman–Crippen MR) is 148 cm³/mol. The lowest BCUT2D eigenvalue weighted by molar-refractivity contribution is -0.151. The van der Waals surface area contributed by atoms with E-state index >= 15 is 0 Å². The fourth-order valence-electron chi connectivity index (χ4n) is 4.68. The Labute approximate surface area is 244 Å². The van der Waals surface area contributed by atoms with E-state index in [9.17, 15) is 44.1 Å². The molecule has 0 bridgehead atoms. The largest absolute Gasteiger partial charge is 0.504 e. The lowest BCUT2D eigenvalue weighted by Gasteiger charge is -2.49. The molecule has 0 radical (unpaired) electrons. The van der Waals surface area contributed by atoms with Gasteiger partial charge < -0.3 is 40.8 Å². The number of carboxylic acid groups (broad SMARTS) is 1. The van der Waals surface area contributed by atoms with E-state index in [1.807, 2.05) is 0 Å². The van der Waals surface area contributed by atoms with Gasteiger partial charge in [-0.15, -0.1) is 11.8 Å². The highest BCUT2D eigenvalue weighted by molar-refractivity contribution is 8.00. The van der Waals surface area contributed by atoms with Crippen molar-refractivity contribution >= 4 is 52.5 Å². The Bertz CT molecular complexity index is 1770. The highest BCUT2D eigenvalue weighted by atomic mass is 32.2. The molecule has 4 amide bonds. The molecule has 1 aromatic heterocycles. The molecule has 16 heteroatoms. The number of primary amides is 1. The Morgan fingerprint density at radius 3 is 2.51 bits per heavy atom. The molecule has 1 saturated heterocycles. The van der Waals surface area contributed by atoms with E-state index in [-0.39, 0.29) is 28.0 Å². The van der Waals surface area contributed by atoms with Crippen LogP contribution in [0.15, 0.2) is 69.2 Å². The van der Waals surface area contributed by atoms with Crippen molar-refractivity contribution in [2.24, 2.45) is 5.73 Å². The van der Waals surface area contributed by atoms with Gasteiger partial charge in [0.1, 0.15) is 41.6 Å². The monoisotopic (exact) mass is 610 g/mol. The highest BCUT2D eigenvalue weighted by Gasteiger charge is 2.54. The summed E-state index contributed by atoms with van der Waals surface area (Å²) >= 11 is 1.13. The summed E-state index contributed by atoms with van der Waals surface area (Å²) in [6.07, 6.45) is -0.331. The number of carbonyl (C=O) groups excluding carboxylic acids is 4. The van der Waals surface area contributed by atoms with Crippen LogP contribution in [-0.4, -0.2) is 73.8 Å². The molecule has 43 heavy (non-hydrogen) atoms. The summed E-state index contributed by atoms with van der Waals surface area (Å²) in [5.74, 6) is -5.15. The maximum absolute atomic E-state index is 13.5. The van der Waals surface area contributed by atoms with Crippen LogP contribution in [0.25, 0.3) is 11.0 Å². The van der Waals surface area contributed by atoms with E-state index in [2.05, 4.69) is 10.6 Å². The normalized spacial score (nSPS) is 18.3. The number of nitrogens with one attached hydrogen (secondary N) is 2. The van der Waals surface area contributed by atoms with Crippen molar-refractivity contribution < 1.29 is 48.4 Å². The first kappa shape index (κ1) is 29.0. The number of aliphatic carboxylic acids is 1. The van der Waals surface area contributed by atoms with Gasteiger partial charge in [-0.3, -0.25) is 24.1 Å². The average molecular weight is 611 g/mol. The number of amides is 4. The number of benzene rings is 2. The van der Waals surface area contributed by atoms with Gasteiger partial charge in [-0.1, -0.05) is 30.3 Å². The van der Waals surface area contributed by atoms with E-state index in [0.717, 1.165) is 35.1 Å². The van der Waals surface area contributed by atoms with Crippen LogP contribution in [-0.2, 0) is 19.1 Å². The molecule has 0 spiro atoms. The minimum absolute atomic E-state index is 0.0691. The van der Waals surface area contributed by atoms with Crippen LogP contribution in [0.4, 0.5) is 4.79 Å². The van der Waals surface area contributed by atoms with Gasteiger partial charge in [-0.25, -0.2) is 9.59 Å². The van der Waals surface area contributed by atoms with E-state index in [4.69, 9.17) is 14.9 Å². The number of hydrogen-bond acceptors (Lipinski definition) is 11. The fraction of sp³-hybridized carbons (Fsp3) is 0.185. The Morgan fingerprint density at radius 1 is 1.12 bits per heavy atom. The molecule has 0 aliphatic carbocycles. The first-order valence-corrected chi connectivity index (χ1v) is 13.5. The number of β-lactam (4-membered cyclic amide) rings is 1. The van der Waals surface area contributed by atoms with E-state index in [1.54, 1.807) is 18.2 Å². The number of thioether (sulfide) groups is 1. The third kappa shape index (κ3) is 5.30. The van der Waals surface area contributed by atoms with E-state index in [0.29, 0.717) is 5.56 Å². The summed E-state index contributed by atoms with van der Waals surface area (Å²) in [5.41, 5.74) is 3.37. The van der Waals surface area contributed by atoms with Gasteiger partial charge in [0, 0.05) is 11.3 Å². The third-order valence-corrected chi connectivity index (χ3v) is 8.09. The van der Waals surface area contributed by atoms with Crippen molar-refractivity contribution in [2.75, 3.05) is 12.4 Å². The molecule has 1 fully saturated rings. The van der Waals surface area contributed by atoms with Gasteiger partial charge >= 0.3 is 12.1 Å². The first-order chi connectivity index (χ1) is 20.5. The maximum Gasteiger partial charge on any atom is 0.404 e. The molecule has 3 heterocycles. The molecule has 3 aromatic rings. The topological polar surface area (TPSA) is 239 Å². The van der Waals surface area contributed by atoms with Crippen LogP contribution in [0.5, 0.6) is 11.5 Å². The second-order valence-electron chi connectivity index (χ2n) is 9.37. The Hall–Kier alpha value is -5.51. The number of nitrogens with zero attached hydrogens (tertiary/aromatic N) is 1. The highest BCUT2D eigenvalue weighted by Crippen LogP contribution is 2.40. The van der Waals surface area contributed by atoms with Crippen LogP contribution in [0, 0.1) is 0 Å². The Kier molecular flexibility index (Phi) is 7.69. The number of phenolic OH excluding ortho intramolecular Hbond substituents is 2. The van der Waals surface area contributed by atoms with Gasteiger partial charge in [0.15, 0.2) is 11.3 Å². The first-order valence-electron chi connectivity index (χ1n) is 12.4. The maximum atomic E-state index is 13.5. The number of ether oxygens (including phenoxy) is 1. The number of phenols is 2. The van der Waals surface area contributed by atoms with Gasteiger partial charge in [0.05, 0.1) is 5.39 Å². The van der Waals surface area contributed by atoms with Gasteiger partial charge in [-0.2, -0.15) is 0 Å². The number of carbonyl (C=O) groups is 5. The van der Waals surface area contributed by atoms with Crippen LogP contribution in [0.1, 0.15) is 22.0 Å². The standard InChI is InChI=1S/C27H22N4O11S/c28-27(40)42-8-12-10-43-25-17(24(37)31(25)18(12)26(38)39)30-23(36)16(11-4-2-1-3-5-11)29-22(35)14-9-41-21-13(19(14)33)6-7-15(32)20(21)34/h1-7,9,16-17,25,32,34H,8,10H2,(H2,28,40)(H,29,35)(H,30,36)(H,38,39)/t16?,17-,25+/m1/s1. The smallest absolute Gasteiger partial charge is 0.404 e. The van der Waals surface area contributed by atoms with Gasteiger partial charge in [-0.05, 0) is 17.7 Å². The fourth-order valence-corrected chi connectivity index (χ4v) is 6.00. The zero-order valence-electron chi connectivity index (χ0n) is 21.8. The molecule has 1 unspecified atom stereocenters. The van der Waals surface area contributed by atoms with Crippen molar-refractivity contribution in [3.63, 3.8) is 0 Å². The van der Waals surface area contributed by atoms with Gasteiger partial charge in [0.25, 0.3) is 11.8 Å². The molecule has 2 aliphatic rings. The molecule has 5 rings (SSSR count). The molecule has 15 nitrogen and oxygen atoms in total. The Balaban J connectivity index is 1.38. The number of nitrogens with two attached hydrogens (primary N) is 1. The number of aromatic hydroxyl groups is 2. The average Bonchev–Trinajstić information content (AvgIpc) is 2.99. The van der Waals surface area contributed by atoms with Gasteiger partial charge in [0.2, 0.25) is 17.1 Å². The summed E-state index contributed by atoms with van der Waals surface area (Å²) in [6.45, 7) is -0.427. The number of rotatable bonds is 8. The molecule has 2 aliphatic heterocycles. The van der Waals surface area contributed by atoms with Crippen molar-refractivity contribution in [1.29, 1.82) is 0 Å². The SMILES string of the molecule is NC(=O)OCC1=C(C(=O)O)N2C(=O)[C@@H](NC(=O)C(NC(=O)c3coc4c(O)c(O)ccc4c3=O)c3ccccc3)[C@@H]2SC1. The molecule has 3 atom stereocenters. The van der Waals surface area contributed by atoms with Crippen molar-refractivity contribution in [3.05, 3.63) is 81.3 Å². The van der Waals surface area contributed by atoms with Crippen LogP contribution < -0.4 is 21.8 Å². The van der Waals surface area contributed by atoms with Crippen LogP contribution in [0.3, 0.4) is 0 Å². The minimum Gasteiger partial charge on any atom is -0.504 e. The molecule has 7 N–H and O–H groups in total. The summed E-state index contributed by atoms with van der Waals surface area (Å²) in [5, 5.41) is 33.4. The lowest BCUT2D eigenvalue weighted by atomic mass is 10.0. The van der Waals surface area contributed by atoms with Crippen LogP contribution >= 0.6 is 11.8 Å². The number of hydrogen-bond donors (Lipinski definition) is 6. The van der Waals surface area contributed by atoms with E-state index < -0.39 is 76.3 Å². The lowest BCUT2D eigenvalue weighted by Crippen LogP contribution is -2.71. The zero-order chi connectivity index (χ0) is 31.0. The van der Waals surface area contributed by atoms with Crippen molar-refractivity contribution in [1.82, 2.24) is 15.5 Å². The number of fused-ring (bicyclic) bond motifs is 2. The molecular weight excluding hydrogens is 588 g/mol. The zero-order valence-corrected chi connectivity index (χ0v) is 22.6. The van der Waals surface area contributed by atoms with Crippen molar-refractivity contribution in [3.8, 4) is 11.5 Å². The summed E-state index contributed by atoms with van der Waals surface area (Å²) in [4.78, 5) is 76.7. The summed E-state index contributed by atoms with van der Waals surface area (Å²) in [6, 6.07) is 7.61. The molecule has 0 saturated carbocycles. The molecule has 222 valence electrons. The molecular formula is C27H22N4O11S. The quantitative estimate of drug-likeness (QED) is 0.151. The second-order valence-corrected chi connectivity index (χ2v) is 10.5. The van der Waals surface area contributed by atoms with E-state index in [1.165, 1.54) is 12.1 Å². The third-order valence-electron chi connectivity index (χ3n) is 6.75. The summed E-state index contributed by atoms with van der Waals surface area (Å²) in [7, 11) is 0. The number of carboxylic acids is 1. The summed E-state index contributed by atoms with van der Waals surface area (Å²) < 4.78 is 9.92. The predicted octanol–water partition coefficient (Wildman–Crippen LogP) is 0.509. The Morgan fingerprint density at radius 2 is 1.84 bits per heavy atom. The van der Waals surface area contributed by atoms with Crippen molar-refractivity contribution in [2.45, 2.75) is 17.5 Å². The molecule has 2 aromatic carbocycles. The second kappa shape index (κ2) is 11.4. The minimum atomic E-state index is -1.43.